The van der Waals surface area contributed by atoms with E-state index in [9.17, 15) is 4.79 Å². The Balaban J connectivity index is 1.95. The van der Waals surface area contributed by atoms with Gasteiger partial charge in [0.15, 0.2) is 0 Å². The molecule has 1 atom stereocenters. The van der Waals surface area contributed by atoms with Gasteiger partial charge in [-0.1, -0.05) is 43.0 Å². The summed E-state index contributed by atoms with van der Waals surface area (Å²) >= 11 is 6.08. The molecule has 0 aliphatic carbocycles. The van der Waals surface area contributed by atoms with E-state index in [1.54, 1.807) is 6.07 Å². The van der Waals surface area contributed by atoms with E-state index < -0.39 is 0 Å². The molecule has 0 saturated carbocycles. The van der Waals surface area contributed by atoms with E-state index in [4.69, 9.17) is 11.6 Å². The highest BCUT2D eigenvalue weighted by Crippen LogP contribution is 2.21. The number of anilines is 1. The predicted molar refractivity (Wildman–Crippen MR) is 84.2 cm³/mol. The Morgan fingerprint density at radius 1 is 1.15 bits per heavy atom. The van der Waals surface area contributed by atoms with Crippen molar-refractivity contribution in [3.05, 3.63) is 29.3 Å². The van der Waals surface area contributed by atoms with Crippen molar-refractivity contribution in [1.82, 2.24) is 4.90 Å². The van der Waals surface area contributed by atoms with Crippen LogP contribution >= 0.6 is 11.6 Å². The molecule has 1 amide bonds. The Kier molecular flexibility index (Phi) is 5.86. The largest absolute Gasteiger partial charge is 0.323 e. The van der Waals surface area contributed by atoms with Crippen molar-refractivity contribution in [2.45, 2.75) is 45.1 Å². The van der Waals surface area contributed by atoms with Crippen LogP contribution in [0.25, 0.3) is 0 Å². The van der Waals surface area contributed by atoms with E-state index in [0.29, 0.717) is 10.7 Å². The standard InChI is InChI=1S/C16H23ClN2O/c1-13(19-11-7-3-2-4-8-12-19)16(20)18-15-10-6-5-9-14(15)17/h5-6,9-10,13H,2-4,7-8,11-12H2,1H3,(H,18,20)/t13-/m1/s1. The molecule has 2 rings (SSSR count). The van der Waals surface area contributed by atoms with Crippen molar-refractivity contribution in [3.63, 3.8) is 0 Å². The molecule has 1 aliphatic rings. The van der Waals surface area contributed by atoms with Gasteiger partial charge in [-0.15, -0.1) is 0 Å². The van der Waals surface area contributed by atoms with Crippen molar-refractivity contribution >= 4 is 23.2 Å². The van der Waals surface area contributed by atoms with Crippen LogP contribution < -0.4 is 5.32 Å². The molecule has 0 radical (unpaired) electrons. The third kappa shape index (κ3) is 4.22. The molecule has 110 valence electrons. The van der Waals surface area contributed by atoms with Crippen LogP contribution in [0.3, 0.4) is 0 Å². The summed E-state index contributed by atoms with van der Waals surface area (Å²) in [6.45, 7) is 4.00. The van der Waals surface area contributed by atoms with Gasteiger partial charge in [-0.2, -0.15) is 0 Å². The Hall–Kier alpha value is -1.06. The van der Waals surface area contributed by atoms with E-state index in [2.05, 4.69) is 10.2 Å². The lowest BCUT2D eigenvalue weighted by Gasteiger charge is -2.29. The summed E-state index contributed by atoms with van der Waals surface area (Å²) in [5.41, 5.74) is 0.693. The second-order valence-electron chi connectivity index (χ2n) is 5.45. The fourth-order valence-electron chi connectivity index (χ4n) is 2.62. The number of likely N-dealkylation sites (tertiary alicyclic amines) is 1. The summed E-state index contributed by atoms with van der Waals surface area (Å²) < 4.78 is 0. The average molecular weight is 295 g/mol. The van der Waals surface area contributed by atoms with Gasteiger partial charge in [0, 0.05) is 0 Å². The minimum Gasteiger partial charge on any atom is -0.323 e. The number of carbonyl (C=O) groups is 1. The average Bonchev–Trinajstić information content (AvgIpc) is 2.40. The predicted octanol–water partition coefficient (Wildman–Crippen LogP) is 3.93. The van der Waals surface area contributed by atoms with Crippen LogP contribution in [-0.2, 0) is 4.79 Å². The highest BCUT2D eigenvalue weighted by Gasteiger charge is 2.22. The third-order valence-electron chi connectivity index (χ3n) is 3.95. The first kappa shape index (κ1) is 15.3. The van der Waals surface area contributed by atoms with Crippen molar-refractivity contribution in [3.8, 4) is 0 Å². The lowest BCUT2D eigenvalue weighted by molar-refractivity contribution is -0.120. The normalized spacial score (nSPS) is 18.9. The highest BCUT2D eigenvalue weighted by molar-refractivity contribution is 6.33. The van der Waals surface area contributed by atoms with Gasteiger partial charge in [-0.25, -0.2) is 0 Å². The van der Waals surface area contributed by atoms with E-state index in [-0.39, 0.29) is 11.9 Å². The number of rotatable bonds is 3. The maximum Gasteiger partial charge on any atom is 0.241 e. The second kappa shape index (κ2) is 7.65. The number of nitrogens with zero attached hydrogens (tertiary/aromatic N) is 1. The topological polar surface area (TPSA) is 32.3 Å². The number of benzene rings is 1. The molecule has 1 aromatic rings. The molecule has 1 aromatic carbocycles. The second-order valence-corrected chi connectivity index (χ2v) is 5.86. The van der Waals surface area contributed by atoms with Gasteiger partial charge in [0.2, 0.25) is 5.91 Å². The first-order chi connectivity index (χ1) is 9.68. The SMILES string of the molecule is C[C@H](C(=O)Nc1ccccc1Cl)N1CCCCCCC1. The zero-order chi connectivity index (χ0) is 14.4. The first-order valence-electron chi connectivity index (χ1n) is 7.48. The minimum absolute atomic E-state index is 0.0265. The summed E-state index contributed by atoms with van der Waals surface area (Å²) in [6, 6.07) is 7.25. The number of amides is 1. The Morgan fingerprint density at radius 2 is 1.75 bits per heavy atom. The van der Waals surface area contributed by atoms with Crippen LogP contribution in [0.2, 0.25) is 5.02 Å². The Morgan fingerprint density at radius 3 is 2.40 bits per heavy atom. The number of nitrogens with one attached hydrogen (secondary N) is 1. The van der Waals surface area contributed by atoms with Gasteiger partial charge in [0.05, 0.1) is 16.8 Å². The quantitative estimate of drug-likeness (QED) is 0.916. The maximum absolute atomic E-state index is 12.4. The minimum atomic E-state index is -0.107. The number of carbonyl (C=O) groups excluding carboxylic acids is 1. The first-order valence-corrected chi connectivity index (χ1v) is 7.86. The van der Waals surface area contributed by atoms with Gasteiger partial charge in [-0.3, -0.25) is 9.69 Å². The molecule has 1 heterocycles. The molecule has 1 aliphatic heterocycles. The van der Waals surface area contributed by atoms with E-state index >= 15 is 0 Å². The fourth-order valence-corrected chi connectivity index (χ4v) is 2.81. The van der Waals surface area contributed by atoms with Crippen molar-refractivity contribution in [2.75, 3.05) is 18.4 Å². The van der Waals surface area contributed by atoms with Crippen molar-refractivity contribution in [2.24, 2.45) is 0 Å². The van der Waals surface area contributed by atoms with Crippen LogP contribution in [0.1, 0.15) is 39.0 Å². The van der Waals surface area contributed by atoms with E-state index in [1.807, 2.05) is 25.1 Å². The van der Waals surface area contributed by atoms with Gasteiger partial charge in [0.25, 0.3) is 0 Å². The zero-order valence-corrected chi connectivity index (χ0v) is 12.8. The molecule has 1 fully saturated rings. The van der Waals surface area contributed by atoms with Crippen LogP contribution in [0.15, 0.2) is 24.3 Å². The van der Waals surface area contributed by atoms with Crippen molar-refractivity contribution < 1.29 is 4.79 Å². The van der Waals surface area contributed by atoms with Crippen LogP contribution in [-0.4, -0.2) is 29.9 Å². The van der Waals surface area contributed by atoms with E-state index in [1.165, 1.54) is 32.1 Å². The fraction of sp³-hybridized carbons (Fsp3) is 0.562. The van der Waals surface area contributed by atoms with Crippen LogP contribution in [0.5, 0.6) is 0 Å². The lowest BCUT2D eigenvalue weighted by Crippen LogP contribution is -2.43. The molecule has 3 nitrogen and oxygen atoms in total. The highest BCUT2D eigenvalue weighted by atomic mass is 35.5. The number of halogens is 1. The molecule has 4 heteroatoms. The molecular weight excluding hydrogens is 272 g/mol. The van der Waals surface area contributed by atoms with Crippen LogP contribution in [0, 0.1) is 0 Å². The summed E-state index contributed by atoms with van der Waals surface area (Å²) in [5, 5.41) is 3.51. The Bertz CT molecular complexity index is 442. The lowest BCUT2D eigenvalue weighted by atomic mass is 10.1. The van der Waals surface area contributed by atoms with Crippen molar-refractivity contribution in [1.29, 1.82) is 0 Å². The van der Waals surface area contributed by atoms with Gasteiger partial charge >= 0.3 is 0 Å². The Labute approximate surface area is 126 Å². The third-order valence-corrected chi connectivity index (χ3v) is 4.28. The van der Waals surface area contributed by atoms with Gasteiger partial charge in [-0.05, 0) is 45.0 Å². The summed E-state index contributed by atoms with van der Waals surface area (Å²) in [5.74, 6) is 0.0265. The van der Waals surface area contributed by atoms with Crippen LogP contribution in [0.4, 0.5) is 5.69 Å². The summed E-state index contributed by atoms with van der Waals surface area (Å²) in [6.07, 6.45) is 6.24. The molecule has 20 heavy (non-hydrogen) atoms. The smallest absolute Gasteiger partial charge is 0.241 e. The molecule has 0 unspecified atom stereocenters. The van der Waals surface area contributed by atoms with Gasteiger partial charge < -0.3 is 5.32 Å². The number of para-hydroxylation sites is 1. The van der Waals surface area contributed by atoms with Gasteiger partial charge in [0.1, 0.15) is 0 Å². The summed E-state index contributed by atoms with van der Waals surface area (Å²) in [7, 11) is 0. The summed E-state index contributed by atoms with van der Waals surface area (Å²) in [4.78, 5) is 14.6. The molecule has 0 spiro atoms. The molecule has 1 saturated heterocycles. The van der Waals surface area contributed by atoms with E-state index in [0.717, 1.165) is 13.1 Å². The maximum atomic E-state index is 12.4. The zero-order valence-electron chi connectivity index (χ0n) is 12.1. The molecule has 0 aromatic heterocycles. The monoisotopic (exact) mass is 294 g/mol. The molecule has 1 N–H and O–H groups in total. The number of hydrogen-bond donors (Lipinski definition) is 1. The molecule has 0 bridgehead atoms. The number of hydrogen-bond acceptors (Lipinski definition) is 2. The molecular formula is C16H23ClN2O.